The van der Waals surface area contributed by atoms with Crippen LogP contribution >= 0.6 is 0 Å². The van der Waals surface area contributed by atoms with Crippen LogP contribution < -0.4 is 0 Å². The fraction of sp³-hybridized carbons (Fsp3) is 0.577. The maximum Gasteiger partial charge on any atom is 0.357 e. The summed E-state index contributed by atoms with van der Waals surface area (Å²) in [6.07, 6.45) is 6.50. The first-order valence-corrected chi connectivity index (χ1v) is 11.9. The normalized spacial score (nSPS) is 37.6. The summed E-state index contributed by atoms with van der Waals surface area (Å²) in [6.45, 7) is 8.13. The molecule has 4 aliphatic rings. The molecule has 0 N–H and O–H groups in total. The van der Waals surface area contributed by atoms with Crippen molar-refractivity contribution in [1.82, 2.24) is 5.06 Å². The zero-order valence-electron chi connectivity index (χ0n) is 19.6. The molecule has 2 bridgehead atoms. The SMILES string of the molecule is Cc1ccc(C(=O)ON2[C@H]3C=C[C@H](C3)C23C(=O)OC2(C[C@H](C)CC[C@H]2C(C)C)OC3=O)cc1. The van der Waals surface area contributed by atoms with E-state index in [4.69, 9.17) is 14.3 Å². The van der Waals surface area contributed by atoms with Gasteiger partial charge in [0.1, 0.15) is 0 Å². The molecule has 7 heteroatoms. The van der Waals surface area contributed by atoms with Gasteiger partial charge in [-0.3, -0.25) is 0 Å². The van der Waals surface area contributed by atoms with Crippen molar-refractivity contribution in [1.29, 1.82) is 0 Å². The van der Waals surface area contributed by atoms with Gasteiger partial charge in [0.05, 0.1) is 11.6 Å². The Morgan fingerprint density at radius 1 is 1.09 bits per heavy atom. The van der Waals surface area contributed by atoms with Gasteiger partial charge < -0.3 is 14.3 Å². The zero-order valence-corrected chi connectivity index (χ0v) is 19.6. The molecule has 0 amide bonds. The number of hydrogen-bond acceptors (Lipinski definition) is 7. The number of carbonyl (C=O) groups excluding carboxylic acids is 3. The largest absolute Gasteiger partial charge is 0.420 e. The summed E-state index contributed by atoms with van der Waals surface area (Å²) in [5.74, 6) is -3.32. The first-order valence-electron chi connectivity index (χ1n) is 11.9. The lowest BCUT2D eigenvalue weighted by Gasteiger charge is -2.52. The Morgan fingerprint density at radius 3 is 2.39 bits per heavy atom. The summed E-state index contributed by atoms with van der Waals surface area (Å²) in [6, 6.07) is 6.57. The average Bonchev–Trinajstić information content (AvgIpc) is 3.33. The quantitative estimate of drug-likeness (QED) is 0.389. The number of nitrogens with zero attached hydrogens (tertiary/aromatic N) is 1. The van der Waals surface area contributed by atoms with Crippen molar-refractivity contribution in [2.24, 2.45) is 23.7 Å². The van der Waals surface area contributed by atoms with Crippen LogP contribution in [0, 0.1) is 30.6 Å². The van der Waals surface area contributed by atoms with Crippen molar-refractivity contribution in [3.8, 4) is 0 Å². The van der Waals surface area contributed by atoms with Crippen molar-refractivity contribution in [2.45, 2.75) is 70.7 Å². The van der Waals surface area contributed by atoms with Crippen LogP contribution in [0.5, 0.6) is 0 Å². The first-order chi connectivity index (χ1) is 15.7. The number of aryl methyl sites for hydroxylation is 1. The van der Waals surface area contributed by atoms with E-state index in [0.29, 0.717) is 18.4 Å². The summed E-state index contributed by atoms with van der Waals surface area (Å²) in [5, 5.41) is 1.23. The monoisotopic (exact) mass is 453 g/mol. The Morgan fingerprint density at radius 2 is 1.76 bits per heavy atom. The van der Waals surface area contributed by atoms with Gasteiger partial charge in [0.15, 0.2) is 0 Å². The predicted molar refractivity (Wildman–Crippen MR) is 118 cm³/mol. The van der Waals surface area contributed by atoms with E-state index in [2.05, 4.69) is 20.8 Å². The van der Waals surface area contributed by atoms with Crippen molar-refractivity contribution in [2.75, 3.05) is 0 Å². The van der Waals surface area contributed by atoms with Crippen LogP contribution in [0.4, 0.5) is 0 Å². The van der Waals surface area contributed by atoms with E-state index >= 15 is 0 Å². The molecule has 1 aromatic carbocycles. The van der Waals surface area contributed by atoms with Gasteiger partial charge in [-0.15, -0.1) is 5.06 Å². The molecule has 0 aromatic heterocycles. The van der Waals surface area contributed by atoms with Crippen LogP contribution in [0.25, 0.3) is 0 Å². The highest BCUT2D eigenvalue weighted by Gasteiger charge is 2.73. The zero-order chi connectivity index (χ0) is 23.5. The van der Waals surface area contributed by atoms with Crippen LogP contribution in [0.2, 0.25) is 0 Å². The fourth-order valence-electron chi connectivity index (χ4n) is 6.12. The third-order valence-electron chi connectivity index (χ3n) is 7.84. The minimum atomic E-state index is -1.80. The van der Waals surface area contributed by atoms with Crippen molar-refractivity contribution in [3.63, 3.8) is 0 Å². The van der Waals surface area contributed by atoms with E-state index in [-0.39, 0.29) is 23.8 Å². The number of rotatable bonds is 3. The lowest BCUT2D eigenvalue weighted by atomic mass is 9.71. The number of carbonyl (C=O) groups is 3. The Bertz CT molecular complexity index is 994. The minimum absolute atomic E-state index is 0.0726. The van der Waals surface area contributed by atoms with Gasteiger partial charge >= 0.3 is 17.9 Å². The van der Waals surface area contributed by atoms with Gasteiger partial charge in [-0.1, -0.05) is 50.6 Å². The summed E-state index contributed by atoms with van der Waals surface area (Å²) in [7, 11) is 0. The molecule has 1 aromatic rings. The lowest BCUT2D eigenvalue weighted by Crippen LogP contribution is -2.71. The molecular formula is C26H31NO6. The fourth-order valence-corrected chi connectivity index (χ4v) is 6.12. The van der Waals surface area contributed by atoms with Gasteiger partial charge in [0.2, 0.25) is 0 Å². The van der Waals surface area contributed by atoms with Crippen LogP contribution in [0.3, 0.4) is 0 Å². The molecule has 0 unspecified atom stereocenters. The highest BCUT2D eigenvalue weighted by Crippen LogP contribution is 2.54. The minimum Gasteiger partial charge on any atom is -0.420 e. The molecule has 176 valence electrons. The van der Waals surface area contributed by atoms with Crippen molar-refractivity contribution < 1.29 is 28.7 Å². The van der Waals surface area contributed by atoms with E-state index in [0.717, 1.165) is 18.4 Å². The maximum atomic E-state index is 13.8. The van der Waals surface area contributed by atoms with Gasteiger partial charge in [-0.2, -0.15) is 0 Å². The lowest BCUT2D eigenvalue weighted by molar-refractivity contribution is -0.310. The summed E-state index contributed by atoms with van der Waals surface area (Å²) >= 11 is 0. The highest BCUT2D eigenvalue weighted by atomic mass is 16.8. The van der Waals surface area contributed by atoms with Gasteiger partial charge in [0.25, 0.3) is 11.3 Å². The molecule has 3 fully saturated rings. The third kappa shape index (κ3) is 3.23. The number of ether oxygens (including phenoxy) is 2. The topological polar surface area (TPSA) is 82.1 Å². The smallest absolute Gasteiger partial charge is 0.357 e. The second-order valence-corrected chi connectivity index (χ2v) is 10.5. The summed E-state index contributed by atoms with van der Waals surface area (Å²) in [4.78, 5) is 46.1. The van der Waals surface area contributed by atoms with Gasteiger partial charge in [-0.25, -0.2) is 14.4 Å². The Hall–Kier alpha value is -2.67. The molecule has 7 nitrogen and oxygen atoms in total. The molecule has 5 rings (SSSR count). The van der Waals surface area contributed by atoms with E-state index < -0.39 is 35.2 Å². The van der Waals surface area contributed by atoms with Gasteiger partial charge in [0, 0.05) is 18.3 Å². The van der Waals surface area contributed by atoms with Crippen LogP contribution in [0.15, 0.2) is 36.4 Å². The average molecular weight is 454 g/mol. The van der Waals surface area contributed by atoms with E-state index in [1.54, 1.807) is 12.1 Å². The molecule has 2 aliphatic carbocycles. The van der Waals surface area contributed by atoms with Gasteiger partial charge in [-0.05, 0) is 50.2 Å². The molecule has 1 saturated carbocycles. The third-order valence-corrected chi connectivity index (χ3v) is 7.84. The number of fused-ring (bicyclic) bond motifs is 3. The molecular weight excluding hydrogens is 422 g/mol. The van der Waals surface area contributed by atoms with E-state index in [9.17, 15) is 14.4 Å². The molecule has 2 aliphatic heterocycles. The van der Waals surface area contributed by atoms with E-state index in [1.165, 1.54) is 5.06 Å². The Labute approximate surface area is 194 Å². The Balaban J connectivity index is 1.47. The van der Waals surface area contributed by atoms with Crippen molar-refractivity contribution in [3.05, 3.63) is 47.5 Å². The van der Waals surface area contributed by atoms with Crippen LogP contribution in [-0.2, 0) is 23.9 Å². The second-order valence-electron chi connectivity index (χ2n) is 10.5. The molecule has 2 heterocycles. The standard InChI is InChI=1S/C26H31NO6/c1-15(2)21-12-7-17(4)14-25(21)31-23(29)26(24(30)32-25)19-10-11-20(13-19)27(26)33-22(28)18-8-5-16(3)6-9-18/h5-6,8-11,15,17,19-21H,7,12-14H2,1-4H3/t17-,19-,20+,21+,25?,26?/m1/s1. The number of esters is 2. The van der Waals surface area contributed by atoms with E-state index in [1.807, 2.05) is 31.2 Å². The molecule has 4 atom stereocenters. The highest BCUT2D eigenvalue weighted by molar-refractivity contribution is 6.08. The van der Waals surface area contributed by atoms with Crippen molar-refractivity contribution >= 4 is 17.9 Å². The molecule has 33 heavy (non-hydrogen) atoms. The number of hydrogen-bond donors (Lipinski definition) is 0. The predicted octanol–water partition coefficient (Wildman–Crippen LogP) is 3.95. The second kappa shape index (κ2) is 7.69. The number of benzene rings is 1. The number of hydroxylamine groups is 2. The van der Waals surface area contributed by atoms with Crippen LogP contribution in [0.1, 0.15) is 62.4 Å². The first kappa shape index (κ1) is 22.1. The Kier molecular flexibility index (Phi) is 5.16. The molecule has 2 spiro atoms. The molecule has 0 radical (unpaired) electrons. The molecule has 2 saturated heterocycles. The summed E-state index contributed by atoms with van der Waals surface area (Å²) in [5.41, 5.74) is -0.442. The summed E-state index contributed by atoms with van der Waals surface area (Å²) < 4.78 is 12.2. The van der Waals surface area contributed by atoms with Crippen LogP contribution in [-0.4, -0.2) is 40.3 Å². The maximum absolute atomic E-state index is 13.8.